The highest BCUT2D eigenvalue weighted by molar-refractivity contribution is 5.03. The fraction of sp³-hybridized carbons (Fsp3) is 0.706. The molecule has 5 heteroatoms. The van der Waals surface area contributed by atoms with E-state index in [1.54, 1.807) is 0 Å². The number of piperazine rings is 1. The van der Waals surface area contributed by atoms with Crippen molar-refractivity contribution in [1.82, 2.24) is 9.88 Å². The molecule has 2 unspecified atom stereocenters. The van der Waals surface area contributed by atoms with Crippen LogP contribution in [0, 0.1) is 0 Å². The molecule has 2 aliphatic rings. The van der Waals surface area contributed by atoms with Crippen LogP contribution in [0.2, 0.25) is 0 Å². The Hall–Kier alpha value is -0.680. The third kappa shape index (κ3) is 4.42. The molecule has 22 heavy (non-hydrogen) atoms. The Morgan fingerprint density at radius 1 is 1.18 bits per heavy atom. The van der Waals surface area contributed by atoms with Crippen LogP contribution in [0.4, 0.5) is 0 Å². The molecule has 2 fully saturated rings. The number of rotatable bonds is 3. The summed E-state index contributed by atoms with van der Waals surface area (Å²) in [6.07, 6.45) is 3.78. The monoisotopic (exact) mass is 325 g/mol. The van der Waals surface area contributed by atoms with Crippen LogP contribution in [0.1, 0.15) is 19.5 Å². The Bertz CT molecular complexity index is 436. The van der Waals surface area contributed by atoms with Gasteiger partial charge in [0.05, 0.1) is 13.1 Å². The van der Waals surface area contributed by atoms with E-state index in [9.17, 15) is 0 Å². The topological polar surface area (TPSA) is 25.4 Å². The minimum absolute atomic E-state index is 0. The molecule has 0 aliphatic carbocycles. The third-order valence-corrected chi connectivity index (χ3v) is 4.94. The highest BCUT2D eigenvalue weighted by atomic mass is 35.5. The van der Waals surface area contributed by atoms with Crippen LogP contribution >= 0.6 is 0 Å². The van der Waals surface area contributed by atoms with Gasteiger partial charge in [0.1, 0.15) is 25.3 Å². The number of ether oxygens (including phenoxy) is 1. The van der Waals surface area contributed by atoms with E-state index in [1.807, 2.05) is 12.3 Å². The Labute approximate surface area is 140 Å². The molecule has 124 valence electrons. The predicted molar refractivity (Wildman–Crippen MR) is 84.1 cm³/mol. The molecule has 0 aromatic carbocycles. The van der Waals surface area contributed by atoms with E-state index in [0.29, 0.717) is 12.2 Å². The summed E-state index contributed by atoms with van der Waals surface area (Å²) >= 11 is 0. The molecule has 4 nitrogen and oxygen atoms in total. The second-order valence-electron chi connectivity index (χ2n) is 6.82. The summed E-state index contributed by atoms with van der Waals surface area (Å²) in [6.45, 7) is 13.0. The van der Waals surface area contributed by atoms with Gasteiger partial charge in [-0.1, -0.05) is 6.07 Å². The first kappa shape index (κ1) is 17.7. The molecule has 0 bridgehead atoms. The molecule has 0 amide bonds. The molecule has 1 spiro atoms. The van der Waals surface area contributed by atoms with Crippen molar-refractivity contribution in [2.45, 2.75) is 32.5 Å². The van der Waals surface area contributed by atoms with Crippen LogP contribution in [0.25, 0.3) is 0 Å². The minimum Gasteiger partial charge on any atom is -1.00 e. The second kappa shape index (κ2) is 7.73. The number of morpholine rings is 1. The van der Waals surface area contributed by atoms with Crippen molar-refractivity contribution in [2.24, 2.45) is 0 Å². The summed E-state index contributed by atoms with van der Waals surface area (Å²) < 4.78 is 7.17. The maximum atomic E-state index is 5.91. The molecule has 1 aromatic heterocycles. The van der Waals surface area contributed by atoms with Gasteiger partial charge in [0.25, 0.3) is 0 Å². The number of hydrogen-bond acceptors (Lipinski definition) is 3. The van der Waals surface area contributed by atoms with Crippen LogP contribution in [-0.4, -0.2) is 72.4 Å². The maximum Gasteiger partial charge on any atom is 0.105 e. The Balaban J connectivity index is 0.00000176. The molecule has 2 aliphatic heterocycles. The highest BCUT2D eigenvalue weighted by Crippen LogP contribution is 2.22. The van der Waals surface area contributed by atoms with Gasteiger partial charge in [-0.3, -0.25) is 9.88 Å². The molecule has 0 N–H and O–H groups in total. The normalized spacial score (nSPS) is 28.3. The zero-order valence-electron chi connectivity index (χ0n) is 13.7. The van der Waals surface area contributed by atoms with E-state index in [-0.39, 0.29) is 12.4 Å². The van der Waals surface area contributed by atoms with Crippen molar-refractivity contribution in [3.8, 4) is 0 Å². The summed E-state index contributed by atoms with van der Waals surface area (Å²) in [7, 11) is 0. The second-order valence-corrected chi connectivity index (χ2v) is 6.82. The van der Waals surface area contributed by atoms with Crippen LogP contribution in [0.15, 0.2) is 24.4 Å². The summed E-state index contributed by atoms with van der Waals surface area (Å²) in [5.74, 6) is 0. The van der Waals surface area contributed by atoms with Crippen molar-refractivity contribution in [1.29, 1.82) is 0 Å². The molecular weight excluding hydrogens is 298 g/mol. The highest BCUT2D eigenvalue weighted by Gasteiger charge is 2.39. The largest absolute Gasteiger partial charge is 1.00 e. The first-order valence-corrected chi connectivity index (χ1v) is 8.28. The number of pyridine rings is 1. The Morgan fingerprint density at radius 3 is 2.45 bits per heavy atom. The molecule has 2 saturated heterocycles. The lowest BCUT2D eigenvalue weighted by Crippen LogP contribution is -3.00. The SMILES string of the molecule is CC1C[N+]2(CCN(CCc3ccccn3)CC2)CC(C)O1.[Cl-]. The van der Waals surface area contributed by atoms with Crippen molar-refractivity contribution < 1.29 is 21.6 Å². The van der Waals surface area contributed by atoms with Crippen molar-refractivity contribution in [3.05, 3.63) is 30.1 Å². The van der Waals surface area contributed by atoms with Gasteiger partial charge in [-0.05, 0) is 26.0 Å². The van der Waals surface area contributed by atoms with Crippen LogP contribution < -0.4 is 12.4 Å². The lowest BCUT2D eigenvalue weighted by atomic mass is 10.1. The van der Waals surface area contributed by atoms with E-state index >= 15 is 0 Å². The Kier molecular flexibility index (Phi) is 6.21. The van der Waals surface area contributed by atoms with Gasteiger partial charge in [-0.2, -0.15) is 0 Å². The van der Waals surface area contributed by atoms with E-state index in [2.05, 4.69) is 35.9 Å². The van der Waals surface area contributed by atoms with Gasteiger partial charge in [-0.25, -0.2) is 0 Å². The van der Waals surface area contributed by atoms with Gasteiger partial charge < -0.3 is 21.6 Å². The molecule has 3 heterocycles. The minimum atomic E-state index is 0. The first-order valence-electron chi connectivity index (χ1n) is 8.28. The molecule has 3 rings (SSSR count). The van der Waals surface area contributed by atoms with E-state index < -0.39 is 0 Å². The Morgan fingerprint density at radius 2 is 1.86 bits per heavy atom. The van der Waals surface area contributed by atoms with Gasteiger partial charge in [0.15, 0.2) is 0 Å². The van der Waals surface area contributed by atoms with E-state index in [0.717, 1.165) is 13.0 Å². The van der Waals surface area contributed by atoms with Crippen molar-refractivity contribution in [3.63, 3.8) is 0 Å². The van der Waals surface area contributed by atoms with Gasteiger partial charge in [0, 0.05) is 37.9 Å². The van der Waals surface area contributed by atoms with Gasteiger partial charge in [-0.15, -0.1) is 0 Å². The lowest BCUT2D eigenvalue weighted by molar-refractivity contribution is -0.945. The average molecular weight is 326 g/mol. The van der Waals surface area contributed by atoms with Crippen molar-refractivity contribution in [2.75, 3.05) is 45.8 Å². The molecule has 0 saturated carbocycles. The lowest BCUT2D eigenvalue weighted by Gasteiger charge is -2.50. The van der Waals surface area contributed by atoms with Crippen LogP contribution in [0.5, 0.6) is 0 Å². The zero-order valence-corrected chi connectivity index (χ0v) is 14.5. The number of hydrogen-bond donors (Lipinski definition) is 0. The standard InChI is InChI=1S/C17H28N3O.ClH/c1-15-13-20(14-16(2)21-15)11-9-19(10-12-20)8-6-17-5-3-4-7-18-17;/h3-5,7,15-16H,6,8-14H2,1-2H3;1H/q+1;/p-1. The fourth-order valence-corrected chi connectivity index (χ4v) is 3.99. The van der Waals surface area contributed by atoms with Crippen LogP contribution in [-0.2, 0) is 11.2 Å². The summed E-state index contributed by atoms with van der Waals surface area (Å²) in [6, 6.07) is 6.19. The van der Waals surface area contributed by atoms with Crippen LogP contribution in [0.3, 0.4) is 0 Å². The maximum absolute atomic E-state index is 5.91. The summed E-state index contributed by atoms with van der Waals surface area (Å²) in [5.41, 5.74) is 1.21. The molecule has 1 aromatic rings. The van der Waals surface area contributed by atoms with Gasteiger partial charge in [0.2, 0.25) is 0 Å². The smallest absolute Gasteiger partial charge is 0.105 e. The summed E-state index contributed by atoms with van der Waals surface area (Å²) in [5, 5.41) is 0. The molecule has 2 atom stereocenters. The van der Waals surface area contributed by atoms with E-state index in [1.165, 1.54) is 49.4 Å². The number of quaternary nitrogens is 1. The third-order valence-electron chi connectivity index (χ3n) is 4.94. The number of nitrogens with zero attached hydrogens (tertiary/aromatic N) is 3. The van der Waals surface area contributed by atoms with Crippen molar-refractivity contribution >= 4 is 0 Å². The molecule has 0 radical (unpaired) electrons. The summed E-state index contributed by atoms with van der Waals surface area (Å²) in [4.78, 5) is 7.02. The zero-order chi connectivity index (χ0) is 14.7. The quantitative estimate of drug-likeness (QED) is 0.637. The van der Waals surface area contributed by atoms with E-state index in [4.69, 9.17) is 4.74 Å². The molecular formula is C17H28ClN3O. The number of aromatic nitrogens is 1. The predicted octanol–water partition coefficient (Wildman–Crippen LogP) is -1.43. The van der Waals surface area contributed by atoms with Gasteiger partial charge >= 0.3 is 0 Å². The average Bonchev–Trinajstić information content (AvgIpc) is 2.47. The fourth-order valence-electron chi connectivity index (χ4n) is 3.99. The number of halogens is 1. The first-order chi connectivity index (χ1) is 10.2.